The van der Waals surface area contributed by atoms with Gasteiger partial charge < -0.3 is 24.0 Å². The molecule has 0 aliphatic carbocycles. The van der Waals surface area contributed by atoms with Crippen molar-refractivity contribution >= 4 is 56.9 Å². The van der Waals surface area contributed by atoms with Crippen molar-refractivity contribution < 1.29 is 19.1 Å². The molecule has 0 N–H and O–H groups in total. The van der Waals surface area contributed by atoms with Crippen LogP contribution in [-0.4, -0.2) is 67.6 Å². The van der Waals surface area contributed by atoms with E-state index in [0.29, 0.717) is 32.1 Å². The van der Waals surface area contributed by atoms with E-state index in [1.165, 1.54) is 5.56 Å². The highest BCUT2D eigenvalue weighted by molar-refractivity contribution is 9.09. The molecule has 0 bridgehead atoms. The van der Waals surface area contributed by atoms with Gasteiger partial charge in [0.25, 0.3) is 0 Å². The molecule has 38 heavy (non-hydrogen) atoms. The fourth-order valence-corrected chi connectivity index (χ4v) is 5.90. The van der Waals surface area contributed by atoms with Crippen LogP contribution in [0.25, 0.3) is 10.8 Å². The van der Waals surface area contributed by atoms with Crippen molar-refractivity contribution in [2.75, 3.05) is 43.1 Å². The summed E-state index contributed by atoms with van der Waals surface area (Å²) in [5.74, 6) is 0.681. The normalized spacial score (nSPS) is 19.0. The first-order valence-electron chi connectivity index (χ1n) is 12.9. The summed E-state index contributed by atoms with van der Waals surface area (Å²) in [5, 5.41) is 2.80. The molecule has 0 saturated carbocycles. The highest BCUT2D eigenvalue weighted by atomic mass is 79.9. The Morgan fingerprint density at radius 1 is 1.05 bits per heavy atom. The van der Waals surface area contributed by atoms with Gasteiger partial charge in [-0.3, -0.25) is 9.89 Å². The molecule has 0 saturated heterocycles. The predicted octanol–water partition coefficient (Wildman–Crippen LogP) is 5.04. The molecule has 1 atom stereocenters. The number of hydrogen-bond donors (Lipinski definition) is 0. The number of hydrogen-bond acceptors (Lipinski definition) is 7. The molecular weight excluding hydrogens is 546 g/mol. The molecule has 0 aromatic heterocycles. The average molecular weight is 579 g/mol. The molecular formula is C30H32BrN3O4. The summed E-state index contributed by atoms with van der Waals surface area (Å²) < 4.78 is 13.0. The average Bonchev–Trinajstić information content (AvgIpc) is 3.10. The number of benzene rings is 3. The minimum absolute atomic E-state index is 0.155. The molecule has 8 heteroatoms. The summed E-state index contributed by atoms with van der Waals surface area (Å²) in [4.78, 5) is 31.9. The van der Waals surface area contributed by atoms with Gasteiger partial charge in [0.1, 0.15) is 18.3 Å². The van der Waals surface area contributed by atoms with Crippen LogP contribution < -0.4 is 9.64 Å². The number of nitrogens with zero attached hydrogens (tertiary/aromatic N) is 3. The van der Waals surface area contributed by atoms with Crippen molar-refractivity contribution in [3.63, 3.8) is 0 Å². The summed E-state index contributed by atoms with van der Waals surface area (Å²) in [6.07, 6.45) is 3.59. The molecule has 3 aromatic carbocycles. The Morgan fingerprint density at radius 3 is 2.55 bits per heavy atom. The number of ether oxygens (including phenoxy) is 2. The van der Waals surface area contributed by atoms with Crippen LogP contribution in [0.1, 0.15) is 25.0 Å². The predicted molar refractivity (Wildman–Crippen MR) is 154 cm³/mol. The summed E-state index contributed by atoms with van der Waals surface area (Å²) in [7, 11) is 0. The first-order valence-corrected chi connectivity index (χ1v) is 14.0. The number of aliphatic imine (C=N–C) groups is 1. The van der Waals surface area contributed by atoms with Gasteiger partial charge in [0.2, 0.25) is 5.72 Å². The van der Waals surface area contributed by atoms with Crippen molar-refractivity contribution in [1.82, 2.24) is 4.90 Å². The van der Waals surface area contributed by atoms with Gasteiger partial charge in [-0.05, 0) is 36.9 Å². The van der Waals surface area contributed by atoms with E-state index in [9.17, 15) is 9.59 Å². The topological polar surface area (TPSA) is 71.4 Å². The minimum atomic E-state index is -0.890. The number of para-hydroxylation sites is 1. The zero-order chi connectivity index (χ0) is 26.8. The molecule has 1 spiro atoms. The molecule has 0 amide bonds. The van der Waals surface area contributed by atoms with E-state index >= 15 is 0 Å². The fraction of sp³-hybridized carbons (Fsp3) is 0.367. The van der Waals surface area contributed by atoms with Crippen LogP contribution >= 0.6 is 15.9 Å². The van der Waals surface area contributed by atoms with E-state index in [1.807, 2.05) is 36.5 Å². The molecule has 7 nitrogen and oxygen atoms in total. The van der Waals surface area contributed by atoms with Gasteiger partial charge in [-0.2, -0.15) is 0 Å². The third-order valence-corrected chi connectivity index (χ3v) is 7.91. The van der Waals surface area contributed by atoms with E-state index in [2.05, 4.69) is 58.9 Å². The van der Waals surface area contributed by atoms with Crippen LogP contribution in [0.15, 0.2) is 59.6 Å². The quantitative estimate of drug-likeness (QED) is 0.181. The third kappa shape index (κ3) is 4.44. The summed E-state index contributed by atoms with van der Waals surface area (Å²) in [6, 6.07) is 18.6. The third-order valence-electron chi connectivity index (χ3n) is 7.58. The van der Waals surface area contributed by atoms with E-state index in [0.717, 1.165) is 45.6 Å². The summed E-state index contributed by atoms with van der Waals surface area (Å²) in [6.45, 7) is 6.87. The van der Waals surface area contributed by atoms with Crippen LogP contribution in [0.2, 0.25) is 0 Å². The molecule has 0 fully saturated rings. The molecule has 198 valence electrons. The molecule has 0 radical (unpaired) electrons. The molecule has 2 aliphatic rings. The van der Waals surface area contributed by atoms with E-state index in [4.69, 9.17) is 14.5 Å². The van der Waals surface area contributed by atoms with E-state index in [1.54, 1.807) is 4.90 Å². The highest BCUT2D eigenvalue weighted by Crippen LogP contribution is 2.55. The van der Waals surface area contributed by atoms with Crippen molar-refractivity contribution in [3.8, 4) is 5.75 Å². The number of rotatable bonds is 11. The van der Waals surface area contributed by atoms with Crippen molar-refractivity contribution in [1.29, 1.82) is 0 Å². The lowest BCUT2D eigenvalue weighted by atomic mass is 9.77. The standard InChI is InChI=1S/C30H32BrN3O4/c1-29(2)25-9-5-6-10-26(25)34(14-18-37-17-11-31)30(29)21-32-27-24-8-4-3-7-22(24)19-23(28(27)38-30)20-33(12-15-35)13-16-36/h3-10,15-16,19,21H,11-14,17-18,20H2,1-2H3. The first kappa shape index (κ1) is 26.5. The second-order valence-electron chi connectivity index (χ2n) is 10.1. The lowest BCUT2D eigenvalue weighted by Gasteiger charge is -2.47. The fourth-order valence-electron chi connectivity index (χ4n) is 5.67. The maximum Gasteiger partial charge on any atom is 0.229 e. The number of carbonyl (C=O) groups excluding carboxylic acids is 2. The Balaban J connectivity index is 1.64. The van der Waals surface area contributed by atoms with E-state index < -0.39 is 11.1 Å². The Labute approximate surface area is 231 Å². The zero-order valence-electron chi connectivity index (χ0n) is 21.7. The van der Waals surface area contributed by atoms with Crippen molar-refractivity contribution in [2.24, 2.45) is 4.99 Å². The minimum Gasteiger partial charge on any atom is -0.459 e. The molecule has 3 aromatic rings. The summed E-state index contributed by atoms with van der Waals surface area (Å²) >= 11 is 3.43. The zero-order valence-corrected chi connectivity index (χ0v) is 23.3. The Bertz CT molecular complexity index is 1360. The van der Waals surface area contributed by atoms with Gasteiger partial charge in [-0.1, -0.05) is 58.4 Å². The van der Waals surface area contributed by atoms with E-state index in [-0.39, 0.29) is 13.1 Å². The smallest absolute Gasteiger partial charge is 0.229 e. The van der Waals surface area contributed by atoms with Crippen LogP contribution in [0.4, 0.5) is 11.4 Å². The maximum atomic E-state index is 11.4. The van der Waals surface area contributed by atoms with Gasteiger partial charge in [-0.25, -0.2) is 0 Å². The van der Waals surface area contributed by atoms with Crippen molar-refractivity contribution in [3.05, 3.63) is 65.7 Å². The Hall–Kier alpha value is -3.07. The van der Waals surface area contributed by atoms with Crippen LogP contribution in [-0.2, 0) is 26.3 Å². The molecule has 1 unspecified atom stereocenters. The second-order valence-corrected chi connectivity index (χ2v) is 10.9. The number of fused-ring (bicyclic) bond motifs is 4. The molecule has 5 rings (SSSR count). The van der Waals surface area contributed by atoms with Gasteiger partial charge in [0.15, 0.2) is 5.75 Å². The van der Waals surface area contributed by atoms with Crippen molar-refractivity contribution in [2.45, 2.75) is 31.5 Å². The summed E-state index contributed by atoms with van der Waals surface area (Å²) in [5.41, 5.74) is 2.61. The monoisotopic (exact) mass is 577 g/mol. The second kappa shape index (κ2) is 11.0. The SMILES string of the molecule is CC1(C)c2ccccc2N(CCOCCBr)C12C=Nc1c(c(CN(CC=O)CC=O)cc3ccccc13)O2. The number of alkyl halides is 1. The lowest BCUT2D eigenvalue weighted by molar-refractivity contribution is -0.111. The Morgan fingerprint density at radius 2 is 1.79 bits per heavy atom. The number of carbonyl (C=O) groups is 2. The van der Waals surface area contributed by atoms with Gasteiger partial charge in [0, 0.05) is 35.1 Å². The van der Waals surface area contributed by atoms with Crippen LogP contribution in [0, 0.1) is 0 Å². The molecule has 2 aliphatic heterocycles. The number of anilines is 1. The van der Waals surface area contributed by atoms with Gasteiger partial charge in [0.05, 0.1) is 37.9 Å². The lowest BCUT2D eigenvalue weighted by Crippen LogP contribution is -2.63. The largest absolute Gasteiger partial charge is 0.459 e. The first-order chi connectivity index (χ1) is 18.5. The maximum absolute atomic E-state index is 11.4. The number of halogens is 1. The molecule has 2 heterocycles. The van der Waals surface area contributed by atoms with Crippen LogP contribution in [0.5, 0.6) is 5.75 Å². The van der Waals surface area contributed by atoms with Gasteiger partial charge >= 0.3 is 0 Å². The van der Waals surface area contributed by atoms with Gasteiger partial charge in [-0.15, -0.1) is 0 Å². The Kier molecular flexibility index (Phi) is 7.66. The highest BCUT2D eigenvalue weighted by Gasteiger charge is 2.59. The number of aldehydes is 2. The van der Waals surface area contributed by atoms with Crippen LogP contribution in [0.3, 0.4) is 0 Å².